The number of carbonyl (C=O) groups is 2. The predicted octanol–water partition coefficient (Wildman–Crippen LogP) is 6.66. The first-order valence-electron chi connectivity index (χ1n) is 13.3. The molecule has 5 rings (SSSR count). The summed E-state index contributed by atoms with van der Waals surface area (Å²) in [6.45, 7) is -0.0747. The Balaban J connectivity index is 1.42. The third-order valence-corrected chi connectivity index (χ3v) is 7.80. The highest BCUT2D eigenvalue weighted by Crippen LogP contribution is 2.37. The minimum absolute atomic E-state index is 0.0747. The number of carbonyl (C=O) groups excluding carboxylic acids is 1. The zero-order valence-corrected chi connectivity index (χ0v) is 23.4. The van der Waals surface area contributed by atoms with Gasteiger partial charge in [0.1, 0.15) is 29.3 Å². The van der Waals surface area contributed by atoms with Crippen LogP contribution in [-0.2, 0) is 11.2 Å². The van der Waals surface area contributed by atoms with Crippen LogP contribution in [0.3, 0.4) is 0 Å². The summed E-state index contributed by atoms with van der Waals surface area (Å²) in [5.41, 5.74) is 0.958. The minimum Gasteiger partial charge on any atom is -0.480 e. The van der Waals surface area contributed by atoms with Crippen LogP contribution in [0.2, 0.25) is 5.02 Å². The number of anilines is 1. The van der Waals surface area contributed by atoms with Crippen molar-refractivity contribution in [2.75, 3.05) is 11.4 Å². The quantitative estimate of drug-likeness (QED) is 0.222. The molecule has 7 nitrogen and oxygen atoms in total. The molecule has 4 aromatic rings. The Morgan fingerprint density at radius 1 is 1.11 bits per heavy atom. The van der Waals surface area contributed by atoms with Crippen LogP contribution >= 0.6 is 11.6 Å². The molecule has 2 heterocycles. The van der Waals surface area contributed by atoms with E-state index in [4.69, 9.17) is 16.9 Å². The molecule has 0 saturated carbocycles. The van der Waals surface area contributed by atoms with Crippen LogP contribution in [-0.4, -0.2) is 46.8 Å². The van der Waals surface area contributed by atoms with Gasteiger partial charge < -0.3 is 15.3 Å². The number of carboxylic acids is 1. The number of amides is 1. The van der Waals surface area contributed by atoms with Crippen LogP contribution in [0.25, 0.3) is 22.0 Å². The van der Waals surface area contributed by atoms with Crippen molar-refractivity contribution in [3.8, 4) is 17.2 Å². The molecule has 1 aliphatic heterocycles. The van der Waals surface area contributed by atoms with E-state index in [0.29, 0.717) is 50.3 Å². The molecular weight excluding hydrogens is 607 g/mol. The lowest BCUT2D eigenvalue weighted by molar-refractivity contribution is -0.146. The number of carboxylic acid groups (broad SMARTS) is 1. The second-order valence-corrected chi connectivity index (χ2v) is 10.6. The number of hydrogen-bond acceptors (Lipinski definition) is 5. The molecule has 1 saturated heterocycles. The van der Waals surface area contributed by atoms with Crippen LogP contribution in [0, 0.1) is 23.0 Å². The molecule has 13 heteroatoms. The summed E-state index contributed by atoms with van der Waals surface area (Å²) in [6.07, 6.45) is -3.45. The van der Waals surface area contributed by atoms with Gasteiger partial charge in [0, 0.05) is 46.4 Å². The van der Waals surface area contributed by atoms with Crippen molar-refractivity contribution in [1.29, 1.82) is 5.26 Å². The second-order valence-electron chi connectivity index (χ2n) is 10.2. The lowest BCUT2D eigenvalue weighted by Gasteiger charge is -2.28. The van der Waals surface area contributed by atoms with Gasteiger partial charge in [0.2, 0.25) is 0 Å². The fourth-order valence-electron chi connectivity index (χ4n) is 5.44. The number of fused-ring (bicyclic) bond motifs is 1. The number of pyridine rings is 1. The van der Waals surface area contributed by atoms with Crippen LogP contribution in [0.5, 0.6) is 0 Å². The Morgan fingerprint density at radius 2 is 1.82 bits per heavy atom. The van der Waals surface area contributed by atoms with Gasteiger partial charge in [-0.25, -0.2) is 13.6 Å². The van der Waals surface area contributed by atoms with Gasteiger partial charge in [-0.05, 0) is 48.7 Å². The Labute approximate surface area is 252 Å². The fourth-order valence-corrected chi connectivity index (χ4v) is 5.72. The fraction of sp³-hybridized carbons (Fsp3) is 0.226. The molecule has 2 N–H and O–H groups in total. The number of alkyl halides is 3. The first-order valence-corrected chi connectivity index (χ1v) is 13.7. The molecule has 0 unspecified atom stereocenters. The first kappa shape index (κ1) is 30.7. The third-order valence-electron chi connectivity index (χ3n) is 7.49. The van der Waals surface area contributed by atoms with Gasteiger partial charge in [-0.3, -0.25) is 9.78 Å². The molecule has 1 fully saturated rings. The lowest BCUT2D eigenvalue weighted by atomic mass is 9.94. The molecule has 0 aliphatic carbocycles. The number of halogens is 6. The van der Waals surface area contributed by atoms with E-state index in [1.165, 1.54) is 12.3 Å². The molecule has 2 atom stereocenters. The molecule has 0 radical (unpaired) electrons. The van der Waals surface area contributed by atoms with Gasteiger partial charge in [0.25, 0.3) is 5.91 Å². The standard InChI is InChI=1S/C31H22ClF5N4O3/c32-22-11-16(15-38)5-7-20(22)21-8-6-17(19-3-1-9-39-28(19)21)12-25(30(43)44)40-29(42)27-23(33)13-18(14-24(27)34)41-10-2-4-26(41)31(35,36)37/h1,3,5-9,11,13-14,25-26H,2,4,10,12H2,(H,40,42)(H,43,44)/t25-,26+/m0/s1. The highest BCUT2D eigenvalue weighted by Gasteiger charge is 2.46. The molecule has 1 aliphatic rings. The Hall–Kier alpha value is -4.76. The topological polar surface area (TPSA) is 106 Å². The average molecular weight is 629 g/mol. The summed E-state index contributed by atoms with van der Waals surface area (Å²) in [7, 11) is 0. The van der Waals surface area contributed by atoms with Crippen LogP contribution in [0.4, 0.5) is 27.6 Å². The summed E-state index contributed by atoms with van der Waals surface area (Å²) in [5, 5.41) is 22.0. The van der Waals surface area contributed by atoms with Gasteiger partial charge in [-0.2, -0.15) is 18.4 Å². The van der Waals surface area contributed by atoms with Crippen molar-refractivity contribution in [3.05, 3.63) is 94.1 Å². The number of nitrogens with one attached hydrogen (secondary N) is 1. The maximum Gasteiger partial charge on any atom is 0.408 e. The summed E-state index contributed by atoms with van der Waals surface area (Å²) < 4.78 is 70.2. The van der Waals surface area contributed by atoms with Gasteiger partial charge in [0.05, 0.1) is 17.1 Å². The van der Waals surface area contributed by atoms with E-state index in [1.54, 1.807) is 36.4 Å². The van der Waals surface area contributed by atoms with Crippen molar-refractivity contribution < 1.29 is 36.6 Å². The summed E-state index contributed by atoms with van der Waals surface area (Å²) >= 11 is 6.41. The molecule has 1 amide bonds. The molecule has 3 aromatic carbocycles. The number of aliphatic carboxylic acids is 1. The number of nitrogens with zero attached hydrogens (tertiary/aromatic N) is 3. The van der Waals surface area contributed by atoms with Gasteiger partial charge >= 0.3 is 12.1 Å². The monoisotopic (exact) mass is 628 g/mol. The Bertz CT molecular complexity index is 1800. The first-order chi connectivity index (χ1) is 20.9. The number of nitriles is 1. The highest BCUT2D eigenvalue weighted by molar-refractivity contribution is 6.33. The van der Waals surface area contributed by atoms with E-state index in [0.717, 1.165) is 4.90 Å². The zero-order chi connectivity index (χ0) is 31.8. The maximum atomic E-state index is 15.0. The molecule has 44 heavy (non-hydrogen) atoms. The van der Waals surface area contributed by atoms with Crippen molar-refractivity contribution in [3.63, 3.8) is 0 Å². The Kier molecular flexibility index (Phi) is 8.43. The van der Waals surface area contributed by atoms with E-state index >= 15 is 8.78 Å². The molecule has 0 bridgehead atoms. The van der Waals surface area contributed by atoms with E-state index < -0.39 is 47.3 Å². The van der Waals surface area contributed by atoms with Crippen LogP contribution < -0.4 is 10.2 Å². The lowest BCUT2D eigenvalue weighted by Crippen LogP contribution is -2.43. The molecule has 226 valence electrons. The van der Waals surface area contributed by atoms with Gasteiger partial charge in [-0.15, -0.1) is 0 Å². The Morgan fingerprint density at radius 3 is 2.45 bits per heavy atom. The zero-order valence-electron chi connectivity index (χ0n) is 22.6. The number of hydrogen-bond donors (Lipinski definition) is 2. The number of aromatic nitrogens is 1. The van der Waals surface area contributed by atoms with Crippen molar-refractivity contribution in [2.45, 2.75) is 37.5 Å². The minimum atomic E-state index is -4.61. The second kappa shape index (κ2) is 12.1. The van der Waals surface area contributed by atoms with Crippen LogP contribution in [0.1, 0.15) is 34.3 Å². The van der Waals surface area contributed by atoms with E-state index in [2.05, 4.69) is 10.3 Å². The summed E-state index contributed by atoms with van der Waals surface area (Å²) in [6, 6.07) is 11.1. The van der Waals surface area contributed by atoms with E-state index in [-0.39, 0.29) is 31.5 Å². The van der Waals surface area contributed by atoms with Crippen LogP contribution in [0.15, 0.2) is 60.8 Å². The van der Waals surface area contributed by atoms with Gasteiger partial charge in [-0.1, -0.05) is 35.9 Å². The molecule has 0 spiro atoms. The van der Waals surface area contributed by atoms with Gasteiger partial charge in [0.15, 0.2) is 0 Å². The van der Waals surface area contributed by atoms with Crippen molar-refractivity contribution in [1.82, 2.24) is 10.3 Å². The van der Waals surface area contributed by atoms with Crippen molar-refractivity contribution in [2.24, 2.45) is 0 Å². The normalized spacial score (nSPS) is 15.7. The van der Waals surface area contributed by atoms with E-state index in [1.807, 2.05) is 6.07 Å². The third kappa shape index (κ3) is 6.01. The largest absolute Gasteiger partial charge is 0.480 e. The average Bonchev–Trinajstić information content (AvgIpc) is 3.48. The molecular formula is C31H22ClF5N4O3. The highest BCUT2D eigenvalue weighted by atomic mass is 35.5. The molecule has 1 aromatic heterocycles. The van der Waals surface area contributed by atoms with Crippen molar-refractivity contribution >= 4 is 40.1 Å². The SMILES string of the molecule is N#Cc1ccc(-c2ccc(C[C@H](NC(=O)c3c(F)cc(N4CCC[C@@H]4C(F)(F)F)cc3F)C(=O)O)c3cccnc23)c(Cl)c1. The number of rotatable bonds is 7. The maximum absolute atomic E-state index is 15.0. The van der Waals surface area contributed by atoms with E-state index in [9.17, 15) is 27.9 Å². The number of benzene rings is 3. The summed E-state index contributed by atoms with van der Waals surface area (Å²) in [5.74, 6) is -5.71. The summed E-state index contributed by atoms with van der Waals surface area (Å²) in [4.78, 5) is 30.3. The smallest absolute Gasteiger partial charge is 0.408 e. The predicted molar refractivity (Wildman–Crippen MR) is 152 cm³/mol.